The quantitative estimate of drug-likeness (QED) is 0.424. The number of nitrogens with two attached hydrogens (primary N) is 1. The monoisotopic (exact) mass is 268 g/mol. The van der Waals surface area contributed by atoms with Gasteiger partial charge in [-0.3, -0.25) is 9.59 Å². The third-order valence-electron chi connectivity index (χ3n) is 1.85. The topological polar surface area (TPSA) is 136 Å². The molecule has 0 bridgehead atoms. The highest BCUT2D eigenvalue weighted by molar-refractivity contribution is 7.89. The highest BCUT2D eigenvalue weighted by Crippen LogP contribution is 1.96. The van der Waals surface area contributed by atoms with Crippen molar-refractivity contribution in [2.45, 2.75) is 18.9 Å². The number of hydrogen-bond acceptors (Lipinski definition) is 6. The largest absolute Gasteiger partial charge is 0.469 e. The van der Waals surface area contributed by atoms with E-state index in [1.165, 1.54) is 7.11 Å². The molecule has 8 nitrogen and oxygen atoms in total. The normalized spacial score (nSPS) is 13.1. The van der Waals surface area contributed by atoms with Crippen molar-refractivity contribution in [3.05, 3.63) is 0 Å². The zero-order chi connectivity index (χ0) is 13.5. The molecule has 0 saturated heterocycles. The Morgan fingerprint density at radius 2 is 2.06 bits per heavy atom. The van der Waals surface area contributed by atoms with Crippen molar-refractivity contribution in [3.63, 3.8) is 0 Å². The smallest absolute Gasteiger partial charge is 0.305 e. The predicted molar refractivity (Wildman–Crippen MR) is 58.2 cm³/mol. The molecule has 1 unspecified atom stereocenters. The molecule has 1 amide bonds. The molecule has 0 radical (unpaired) electrons. The summed E-state index contributed by atoms with van der Waals surface area (Å²) in [6, 6.07) is 0. The first-order valence-corrected chi connectivity index (χ1v) is 6.45. The van der Waals surface area contributed by atoms with Gasteiger partial charge in [0.2, 0.25) is 15.9 Å². The zero-order valence-corrected chi connectivity index (χ0v) is 10.2. The van der Waals surface area contributed by atoms with E-state index in [0.29, 0.717) is 0 Å². The molecule has 17 heavy (non-hydrogen) atoms. The summed E-state index contributed by atoms with van der Waals surface area (Å²) < 4.78 is 28.9. The van der Waals surface area contributed by atoms with Gasteiger partial charge in [-0.1, -0.05) is 0 Å². The van der Waals surface area contributed by atoms with E-state index in [1.807, 2.05) is 4.72 Å². The number of ether oxygens (including phenoxy) is 1. The summed E-state index contributed by atoms with van der Waals surface area (Å²) in [6.45, 7) is -0.476. The van der Waals surface area contributed by atoms with Gasteiger partial charge in [-0.05, 0) is 6.42 Å². The van der Waals surface area contributed by atoms with Crippen LogP contribution in [0.1, 0.15) is 12.8 Å². The second-order valence-electron chi connectivity index (χ2n) is 3.27. The van der Waals surface area contributed by atoms with Crippen LogP contribution in [0.3, 0.4) is 0 Å². The van der Waals surface area contributed by atoms with Gasteiger partial charge in [0.1, 0.15) is 6.10 Å². The average Bonchev–Trinajstić information content (AvgIpc) is 2.25. The molecule has 0 spiro atoms. The number of sulfonamides is 1. The highest BCUT2D eigenvalue weighted by Gasteiger charge is 2.16. The van der Waals surface area contributed by atoms with Crippen LogP contribution in [-0.2, 0) is 24.3 Å². The minimum absolute atomic E-state index is 0.0181. The minimum atomic E-state index is -3.64. The van der Waals surface area contributed by atoms with E-state index in [-0.39, 0.29) is 18.6 Å². The third-order valence-corrected chi connectivity index (χ3v) is 3.28. The van der Waals surface area contributed by atoms with Gasteiger partial charge in [-0.25, -0.2) is 13.1 Å². The second kappa shape index (κ2) is 7.20. The van der Waals surface area contributed by atoms with Crippen LogP contribution in [0.4, 0.5) is 0 Å². The Hall–Kier alpha value is -1.19. The van der Waals surface area contributed by atoms with Crippen LogP contribution in [0.25, 0.3) is 0 Å². The van der Waals surface area contributed by atoms with E-state index in [0.717, 1.165) is 0 Å². The maximum absolute atomic E-state index is 11.3. The Kier molecular flexibility index (Phi) is 6.69. The summed E-state index contributed by atoms with van der Waals surface area (Å²) in [4.78, 5) is 21.1. The van der Waals surface area contributed by atoms with Crippen LogP contribution in [0.15, 0.2) is 0 Å². The molecule has 9 heteroatoms. The molecule has 4 N–H and O–H groups in total. The molecule has 0 aromatic carbocycles. The lowest BCUT2D eigenvalue weighted by Crippen LogP contribution is -2.40. The molecule has 0 aliphatic carbocycles. The fraction of sp³-hybridized carbons (Fsp3) is 0.750. The maximum atomic E-state index is 11.3. The second-order valence-corrected chi connectivity index (χ2v) is 5.19. The van der Waals surface area contributed by atoms with Crippen molar-refractivity contribution in [2.24, 2.45) is 5.73 Å². The zero-order valence-electron chi connectivity index (χ0n) is 9.38. The lowest BCUT2D eigenvalue weighted by atomic mass is 10.3. The highest BCUT2D eigenvalue weighted by atomic mass is 32.2. The van der Waals surface area contributed by atoms with Gasteiger partial charge in [0.15, 0.2) is 0 Å². The number of carbonyl (C=O) groups is 2. The van der Waals surface area contributed by atoms with Gasteiger partial charge in [0.25, 0.3) is 0 Å². The summed E-state index contributed by atoms with van der Waals surface area (Å²) in [5.74, 6) is -1.81. The van der Waals surface area contributed by atoms with E-state index in [2.05, 4.69) is 4.74 Å². The van der Waals surface area contributed by atoms with E-state index < -0.39 is 34.5 Å². The Bertz CT molecular complexity index is 366. The predicted octanol–water partition coefficient (Wildman–Crippen LogP) is -2.29. The lowest BCUT2D eigenvalue weighted by molar-refractivity contribution is -0.140. The van der Waals surface area contributed by atoms with Crippen molar-refractivity contribution in [1.29, 1.82) is 0 Å². The van der Waals surface area contributed by atoms with Crippen LogP contribution in [0.2, 0.25) is 0 Å². The number of amides is 1. The number of aliphatic hydroxyl groups is 1. The standard InChI is InChI=1S/C8H16N2O6S/c1-16-7(12)3-2-4-17(14,15)10-5-6(11)8(9)13/h6,10-11H,2-5H2,1H3,(H2,9,13). The van der Waals surface area contributed by atoms with Crippen LogP contribution in [-0.4, -0.2) is 50.9 Å². The molecule has 0 heterocycles. The first-order chi connectivity index (χ1) is 7.78. The summed E-state index contributed by atoms with van der Waals surface area (Å²) in [5, 5.41) is 8.97. The molecule has 0 fully saturated rings. The molecular formula is C8H16N2O6S. The molecule has 100 valence electrons. The Balaban J connectivity index is 3.97. The summed E-state index contributed by atoms with van der Waals surface area (Å²) in [6.07, 6.45) is -1.49. The number of nitrogens with one attached hydrogen (secondary N) is 1. The first-order valence-electron chi connectivity index (χ1n) is 4.80. The Morgan fingerprint density at radius 3 is 2.53 bits per heavy atom. The summed E-state index contributed by atoms with van der Waals surface area (Å²) >= 11 is 0. The van der Waals surface area contributed by atoms with Gasteiger partial charge in [-0.2, -0.15) is 0 Å². The van der Waals surface area contributed by atoms with Gasteiger partial charge in [0.05, 0.1) is 12.9 Å². The van der Waals surface area contributed by atoms with Crippen molar-refractivity contribution >= 4 is 21.9 Å². The van der Waals surface area contributed by atoms with Crippen LogP contribution >= 0.6 is 0 Å². The number of primary amides is 1. The van der Waals surface area contributed by atoms with Crippen molar-refractivity contribution in [1.82, 2.24) is 4.72 Å². The number of esters is 1. The summed E-state index contributed by atoms with van der Waals surface area (Å²) in [5.41, 5.74) is 4.74. The summed E-state index contributed by atoms with van der Waals surface area (Å²) in [7, 11) is -2.43. The molecule has 0 aromatic rings. The average molecular weight is 268 g/mol. The van der Waals surface area contributed by atoms with E-state index in [1.54, 1.807) is 0 Å². The number of carbonyl (C=O) groups excluding carboxylic acids is 2. The van der Waals surface area contributed by atoms with Gasteiger partial charge >= 0.3 is 5.97 Å². The molecule has 1 atom stereocenters. The van der Waals surface area contributed by atoms with Crippen molar-refractivity contribution < 1.29 is 27.9 Å². The SMILES string of the molecule is COC(=O)CCCS(=O)(=O)NCC(O)C(N)=O. The fourth-order valence-electron chi connectivity index (χ4n) is 0.887. The lowest BCUT2D eigenvalue weighted by Gasteiger charge is -2.08. The maximum Gasteiger partial charge on any atom is 0.305 e. The van der Waals surface area contributed by atoms with Crippen molar-refractivity contribution in [2.75, 3.05) is 19.4 Å². The van der Waals surface area contributed by atoms with Crippen molar-refractivity contribution in [3.8, 4) is 0 Å². The van der Waals surface area contributed by atoms with Gasteiger partial charge in [-0.15, -0.1) is 0 Å². The van der Waals surface area contributed by atoms with Gasteiger partial charge < -0.3 is 15.6 Å². The molecule has 0 aliphatic heterocycles. The molecule has 0 rings (SSSR count). The van der Waals surface area contributed by atoms with E-state index in [9.17, 15) is 18.0 Å². The number of methoxy groups -OCH3 is 1. The molecule has 0 aliphatic rings. The van der Waals surface area contributed by atoms with Gasteiger partial charge in [0, 0.05) is 13.0 Å². The minimum Gasteiger partial charge on any atom is -0.469 e. The molecular weight excluding hydrogens is 252 g/mol. The molecule has 0 aromatic heterocycles. The molecule has 0 saturated carbocycles. The third kappa shape index (κ3) is 7.66. The van der Waals surface area contributed by atoms with Crippen LogP contribution in [0.5, 0.6) is 0 Å². The van der Waals surface area contributed by atoms with Crippen LogP contribution < -0.4 is 10.5 Å². The van der Waals surface area contributed by atoms with E-state index >= 15 is 0 Å². The fourth-order valence-corrected chi connectivity index (χ4v) is 1.97. The number of hydrogen-bond donors (Lipinski definition) is 3. The Morgan fingerprint density at radius 1 is 1.47 bits per heavy atom. The Labute approximate surface area is 99.2 Å². The first kappa shape index (κ1) is 15.8. The van der Waals surface area contributed by atoms with Crippen LogP contribution in [0, 0.1) is 0 Å². The number of rotatable bonds is 8. The van der Waals surface area contributed by atoms with E-state index in [4.69, 9.17) is 10.8 Å². The number of aliphatic hydroxyl groups excluding tert-OH is 1.